The molecule has 0 spiro atoms. The third-order valence-electron chi connectivity index (χ3n) is 9.04. The lowest BCUT2D eigenvalue weighted by Gasteiger charge is -2.57. The fourth-order valence-corrected chi connectivity index (χ4v) is 8.38. The molecule has 0 aromatic rings. The van der Waals surface area contributed by atoms with Gasteiger partial charge < -0.3 is 9.84 Å². The Morgan fingerprint density at radius 2 is 1.85 bits per heavy atom. The van der Waals surface area contributed by atoms with E-state index < -0.39 is 5.60 Å². The number of ketones is 1. The van der Waals surface area contributed by atoms with Crippen molar-refractivity contribution in [2.75, 3.05) is 19.0 Å². The van der Waals surface area contributed by atoms with Crippen molar-refractivity contribution in [1.82, 2.24) is 0 Å². The number of carbonyl (C=O) groups is 1. The highest BCUT2D eigenvalue weighted by molar-refractivity contribution is 9.09. The van der Waals surface area contributed by atoms with Crippen LogP contribution in [0.15, 0.2) is 0 Å². The van der Waals surface area contributed by atoms with Crippen molar-refractivity contribution in [3.63, 3.8) is 0 Å². The Morgan fingerprint density at radius 3 is 2.58 bits per heavy atom. The number of carbonyl (C=O) groups excluding carboxylic acids is 1. The predicted molar refractivity (Wildman–Crippen MR) is 106 cm³/mol. The number of alkyl halides is 1. The Hall–Kier alpha value is 0.0700. The molecular formula is C22H35BrO3. The fraction of sp³-hybridized carbons (Fsp3) is 0.955. The number of rotatable bonds is 4. The maximum Gasteiger partial charge on any atom is 0.147 e. The average molecular weight is 427 g/mol. The van der Waals surface area contributed by atoms with Gasteiger partial charge in [0, 0.05) is 13.0 Å². The van der Waals surface area contributed by atoms with Crippen LogP contribution >= 0.6 is 15.9 Å². The number of hydrogen-bond donors (Lipinski definition) is 1. The lowest BCUT2D eigenvalue weighted by molar-refractivity contribution is -0.134. The summed E-state index contributed by atoms with van der Waals surface area (Å²) in [5.41, 5.74) is -0.350. The Kier molecular flexibility index (Phi) is 5.33. The average Bonchev–Trinajstić information content (AvgIpc) is 2.98. The topological polar surface area (TPSA) is 46.5 Å². The second-order valence-corrected chi connectivity index (χ2v) is 10.7. The van der Waals surface area contributed by atoms with E-state index in [9.17, 15) is 9.90 Å². The number of halogens is 1. The summed E-state index contributed by atoms with van der Waals surface area (Å²) in [5, 5.41) is 11.4. The maximum absolute atomic E-state index is 12.5. The number of aliphatic hydroxyl groups is 1. The first-order chi connectivity index (χ1) is 12.4. The largest absolute Gasteiger partial charge is 0.387 e. The van der Waals surface area contributed by atoms with E-state index in [1.54, 1.807) is 7.11 Å². The van der Waals surface area contributed by atoms with Gasteiger partial charge in [-0.1, -0.05) is 22.9 Å². The van der Waals surface area contributed by atoms with E-state index >= 15 is 0 Å². The molecular weight excluding hydrogens is 392 g/mol. The smallest absolute Gasteiger partial charge is 0.147 e. The third kappa shape index (κ3) is 3.03. The van der Waals surface area contributed by atoms with E-state index in [0.717, 1.165) is 42.9 Å². The zero-order valence-corrected chi connectivity index (χ0v) is 18.0. The molecule has 0 aromatic heterocycles. The molecule has 4 aliphatic carbocycles. The summed E-state index contributed by atoms with van der Waals surface area (Å²) in [6.07, 6.45) is 10.5. The van der Waals surface area contributed by atoms with Crippen LogP contribution in [0.1, 0.15) is 64.7 Å². The molecule has 8 atom stereocenters. The van der Waals surface area contributed by atoms with E-state index in [1.807, 2.05) is 0 Å². The van der Waals surface area contributed by atoms with Gasteiger partial charge in [0.25, 0.3) is 0 Å². The van der Waals surface area contributed by atoms with Crippen molar-refractivity contribution in [1.29, 1.82) is 0 Å². The van der Waals surface area contributed by atoms with Crippen molar-refractivity contribution < 1.29 is 14.6 Å². The summed E-state index contributed by atoms with van der Waals surface area (Å²) in [6.45, 7) is 2.91. The predicted octanol–water partition coefficient (Wildman–Crippen LogP) is 4.60. The van der Waals surface area contributed by atoms with E-state index in [-0.39, 0.29) is 11.3 Å². The zero-order chi connectivity index (χ0) is 18.5. The molecule has 0 aliphatic heterocycles. The van der Waals surface area contributed by atoms with Crippen molar-refractivity contribution in [3.05, 3.63) is 0 Å². The molecule has 3 nitrogen and oxygen atoms in total. The van der Waals surface area contributed by atoms with Gasteiger partial charge in [-0.05, 0) is 92.8 Å². The first kappa shape index (κ1) is 19.4. The molecule has 0 radical (unpaired) electrons. The molecule has 4 saturated carbocycles. The molecule has 0 amide bonds. The highest BCUT2D eigenvalue weighted by Gasteiger charge is 2.58. The summed E-state index contributed by atoms with van der Waals surface area (Å²) in [5.74, 6) is 4.58. The minimum Gasteiger partial charge on any atom is -0.387 e. The van der Waals surface area contributed by atoms with E-state index in [1.165, 1.54) is 38.5 Å². The van der Waals surface area contributed by atoms with Crippen LogP contribution in [0.5, 0.6) is 0 Å². The van der Waals surface area contributed by atoms with Gasteiger partial charge in [-0.25, -0.2) is 0 Å². The van der Waals surface area contributed by atoms with E-state index in [4.69, 9.17) is 4.74 Å². The molecule has 0 aromatic carbocycles. The van der Waals surface area contributed by atoms with Gasteiger partial charge >= 0.3 is 0 Å². The Labute approximate surface area is 166 Å². The monoisotopic (exact) mass is 426 g/mol. The third-order valence-corrected chi connectivity index (χ3v) is 9.59. The number of hydrogen-bond acceptors (Lipinski definition) is 3. The Morgan fingerprint density at radius 1 is 1.08 bits per heavy atom. The molecule has 148 valence electrons. The minimum absolute atomic E-state index is 0.240. The second-order valence-electron chi connectivity index (χ2n) is 10.1. The fourth-order valence-electron chi connectivity index (χ4n) is 7.98. The molecule has 1 N–H and O–H groups in total. The lowest BCUT2D eigenvalue weighted by atomic mass is 9.49. The lowest BCUT2D eigenvalue weighted by Crippen LogP contribution is -2.52. The SMILES string of the molecule is COC[C@@]1(O)CC[C@H]2[C@H](CCC3[C@@H]2CC[C@]2(C)[C@@H](C(=O)CBr)CC[C@@H]32)C1. The second kappa shape index (κ2) is 7.15. The van der Waals surface area contributed by atoms with Crippen LogP contribution in [-0.4, -0.2) is 35.5 Å². The van der Waals surface area contributed by atoms with Gasteiger partial charge in [-0.15, -0.1) is 0 Å². The highest BCUT2D eigenvalue weighted by atomic mass is 79.9. The summed E-state index contributed by atoms with van der Waals surface area (Å²) >= 11 is 3.42. The quantitative estimate of drug-likeness (QED) is 0.668. The van der Waals surface area contributed by atoms with Crippen molar-refractivity contribution in [3.8, 4) is 0 Å². The summed E-state index contributed by atoms with van der Waals surface area (Å²) in [7, 11) is 1.70. The van der Waals surface area contributed by atoms with Gasteiger partial charge in [-0.3, -0.25) is 4.79 Å². The highest BCUT2D eigenvalue weighted by Crippen LogP contribution is 2.64. The number of ether oxygens (including phenoxy) is 1. The molecule has 4 rings (SSSR count). The number of Topliss-reactive ketones (excluding diaryl/α,β-unsaturated/α-hetero) is 1. The van der Waals surface area contributed by atoms with E-state index in [0.29, 0.717) is 23.6 Å². The summed E-state index contributed by atoms with van der Waals surface area (Å²) in [6, 6.07) is 0. The van der Waals surface area contributed by atoms with Gasteiger partial charge in [0.1, 0.15) is 5.78 Å². The van der Waals surface area contributed by atoms with Crippen LogP contribution < -0.4 is 0 Å². The summed E-state index contributed by atoms with van der Waals surface area (Å²) < 4.78 is 5.30. The van der Waals surface area contributed by atoms with Crippen molar-refractivity contribution >= 4 is 21.7 Å². The maximum atomic E-state index is 12.5. The van der Waals surface area contributed by atoms with Crippen LogP contribution in [0, 0.1) is 40.9 Å². The zero-order valence-electron chi connectivity index (χ0n) is 16.4. The van der Waals surface area contributed by atoms with Gasteiger partial charge in [0.15, 0.2) is 0 Å². The molecule has 26 heavy (non-hydrogen) atoms. The van der Waals surface area contributed by atoms with Crippen LogP contribution in [-0.2, 0) is 9.53 Å². The normalized spacial score (nSPS) is 50.6. The van der Waals surface area contributed by atoms with Gasteiger partial charge in [-0.2, -0.15) is 0 Å². The van der Waals surface area contributed by atoms with Crippen molar-refractivity contribution in [2.24, 2.45) is 40.9 Å². The first-order valence-corrected chi connectivity index (χ1v) is 11.8. The van der Waals surface area contributed by atoms with Crippen LogP contribution in [0.4, 0.5) is 0 Å². The molecule has 4 aliphatic rings. The molecule has 0 bridgehead atoms. The Balaban J connectivity index is 1.50. The first-order valence-electron chi connectivity index (χ1n) is 10.7. The van der Waals surface area contributed by atoms with Crippen LogP contribution in [0.3, 0.4) is 0 Å². The van der Waals surface area contributed by atoms with Crippen LogP contribution in [0.25, 0.3) is 0 Å². The van der Waals surface area contributed by atoms with Crippen molar-refractivity contribution in [2.45, 2.75) is 70.3 Å². The Bertz CT molecular complexity index is 552. The summed E-state index contributed by atoms with van der Waals surface area (Å²) in [4.78, 5) is 12.5. The van der Waals surface area contributed by atoms with Crippen LogP contribution in [0.2, 0.25) is 0 Å². The molecule has 4 heteroatoms. The minimum atomic E-state index is -0.591. The molecule has 1 unspecified atom stereocenters. The number of methoxy groups -OCH3 is 1. The van der Waals surface area contributed by atoms with E-state index in [2.05, 4.69) is 22.9 Å². The molecule has 0 heterocycles. The number of fused-ring (bicyclic) bond motifs is 5. The van der Waals surface area contributed by atoms with Gasteiger partial charge in [0.05, 0.1) is 17.5 Å². The van der Waals surface area contributed by atoms with Gasteiger partial charge in [0.2, 0.25) is 0 Å². The standard InChI is InChI=1S/C22H35BrO3/c1-21-9-7-16-15-8-10-22(25,13-26-2)11-14(15)3-4-17(16)18(21)5-6-19(21)20(24)12-23/h14-19,25H,3-13H2,1-2H3/t14-,15+,16-,17?,18+,19-,21+,22-/m1/s1. The molecule has 4 fully saturated rings. The molecule has 0 saturated heterocycles.